The molecule has 0 aliphatic carbocycles. The van der Waals surface area contributed by atoms with Crippen LogP contribution < -0.4 is 5.32 Å². The molecule has 0 aromatic heterocycles. The Kier molecular flexibility index (Phi) is 6.09. The van der Waals surface area contributed by atoms with Crippen molar-refractivity contribution in [3.05, 3.63) is 28.8 Å². The number of carbonyl (C=O) groups is 1. The number of amides is 2. The molecule has 2 rings (SSSR count). The molecule has 0 unspecified atom stereocenters. The highest BCUT2D eigenvalue weighted by molar-refractivity contribution is 6.31. The van der Waals surface area contributed by atoms with Gasteiger partial charge in [-0.25, -0.2) is 4.79 Å². The van der Waals surface area contributed by atoms with E-state index in [9.17, 15) is 4.79 Å². The molecular weight excluding hydrogens is 298 g/mol. The molecule has 4 nitrogen and oxygen atoms in total. The van der Waals surface area contributed by atoms with E-state index in [4.69, 9.17) is 11.6 Å². The zero-order valence-electron chi connectivity index (χ0n) is 13.7. The van der Waals surface area contributed by atoms with Crippen molar-refractivity contribution >= 4 is 23.3 Å². The average molecular weight is 324 g/mol. The topological polar surface area (TPSA) is 35.6 Å². The molecule has 0 spiro atoms. The van der Waals surface area contributed by atoms with Gasteiger partial charge in [0, 0.05) is 36.9 Å². The second-order valence-electron chi connectivity index (χ2n) is 6.43. The molecule has 2 amide bonds. The van der Waals surface area contributed by atoms with E-state index in [0.717, 1.165) is 50.4 Å². The van der Waals surface area contributed by atoms with Crippen molar-refractivity contribution in [2.75, 3.05) is 38.0 Å². The Labute approximate surface area is 138 Å². The van der Waals surface area contributed by atoms with Crippen LogP contribution in [0.15, 0.2) is 18.2 Å². The van der Waals surface area contributed by atoms with Gasteiger partial charge in [0.2, 0.25) is 0 Å². The van der Waals surface area contributed by atoms with E-state index in [2.05, 4.69) is 24.1 Å². The summed E-state index contributed by atoms with van der Waals surface area (Å²) in [5, 5.41) is 3.62. The van der Waals surface area contributed by atoms with Crippen LogP contribution in [0.2, 0.25) is 5.02 Å². The minimum atomic E-state index is -0.0358. The number of aryl methyl sites for hydroxylation is 1. The van der Waals surface area contributed by atoms with Gasteiger partial charge in [-0.15, -0.1) is 0 Å². The summed E-state index contributed by atoms with van der Waals surface area (Å²) in [5.74, 6) is 0.662. The largest absolute Gasteiger partial charge is 0.323 e. The van der Waals surface area contributed by atoms with Crippen LogP contribution in [0.3, 0.4) is 0 Å². The lowest BCUT2D eigenvalue weighted by atomic mass is 10.2. The molecule has 1 aliphatic heterocycles. The zero-order valence-corrected chi connectivity index (χ0v) is 14.5. The molecule has 1 saturated heterocycles. The highest BCUT2D eigenvalue weighted by atomic mass is 35.5. The van der Waals surface area contributed by atoms with Gasteiger partial charge in [-0.05, 0) is 43.5 Å². The molecule has 1 aliphatic rings. The van der Waals surface area contributed by atoms with Crippen molar-refractivity contribution in [1.82, 2.24) is 9.80 Å². The number of benzene rings is 1. The van der Waals surface area contributed by atoms with Gasteiger partial charge in [0.25, 0.3) is 0 Å². The minimum Gasteiger partial charge on any atom is -0.323 e. The SMILES string of the molecule is Cc1ccc(NC(=O)N2CCCN(CC(C)C)CC2)cc1Cl. The lowest BCUT2D eigenvalue weighted by Gasteiger charge is -2.23. The molecule has 5 heteroatoms. The minimum absolute atomic E-state index is 0.0358. The molecule has 1 fully saturated rings. The van der Waals surface area contributed by atoms with E-state index >= 15 is 0 Å². The maximum atomic E-state index is 12.4. The van der Waals surface area contributed by atoms with Crippen LogP contribution in [0.5, 0.6) is 0 Å². The normalized spacial score (nSPS) is 16.7. The monoisotopic (exact) mass is 323 g/mol. The Bertz CT molecular complexity index is 519. The molecule has 0 radical (unpaired) electrons. The molecule has 0 atom stereocenters. The molecular formula is C17H26ClN3O. The molecule has 0 bridgehead atoms. The Hall–Kier alpha value is -1.26. The highest BCUT2D eigenvalue weighted by Crippen LogP contribution is 2.20. The first kappa shape index (κ1) is 17.1. The van der Waals surface area contributed by atoms with Gasteiger partial charge < -0.3 is 15.1 Å². The van der Waals surface area contributed by atoms with Gasteiger partial charge in [-0.3, -0.25) is 0 Å². The fourth-order valence-electron chi connectivity index (χ4n) is 2.75. The van der Waals surface area contributed by atoms with Crippen molar-refractivity contribution in [2.45, 2.75) is 27.2 Å². The summed E-state index contributed by atoms with van der Waals surface area (Å²) in [6.07, 6.45) is 1.02. The third kappa shape index (κ3) is 4.89. The fourth-order valence-corrected chi connectivity index (χ4v) is 2.93. The summed E-state index contributed by atoms with van der Waals surface area (Å²) < 4.78 is 0. The molecule has 0 saturated carbocycles. The first-order valence-corrected chi connectivity index (χ1v) is 8.38. The molecule has 22 heavy (non-hydrogen) atoms. The number of urea groups is 1. The van der Waals surface area contributed by atoms with E-state index in [0.29, 0.717) is 10.9 Å². The van der Waals surface area contributed by atoms with E-state index in [1.165, 1.54) is 0 Å². The molecule has 1 aromatic carbocycles. The van der Waals surface area contributed by atoms with Crippen molar-refractivity contribution in [2.24, 2.45) is 5.92 Å². The van der Waals surface area contributed by atoms with Crippen LogP contribution in [-0.2, 0) is 0 Å². The first-order chi connectivity index (χ1) is 10.5. The van der Waals surface area contributed by atoms with Gasteiger partial charge >= 0.3 is 6.03 Å². The number of nitrogens with one attached hydrogen (secondary N) is 1. The van der Waals surface area contributed by atoms with Crippen molar-refractivity contribution in [1.29, 1.82) is 0 Å². The number of anilines is 1. The van der Waals surface area contributed by atoms with Crippen LogP contribution in [0.1, 0.15) is 25.8 Å². The number of hydrogen-bond donors (Lipinski definition) is 1. The summed E-state index contributed by atoms with van der Waals surface area (Å²) in [4.78, 5) is 16.7. The molecule has 122 valence electrons. The quantitative estimate of drug-likeness (QED) is 0.917. The van der Waals surface area contributed by atoms with Crippen LogP contribution in [0, 0.1) is 12.8 Å². The Morgan fingerprint density at radius 1 is 1.27 bits per heavy atom. The van der Waals surface area contributed by atoms with Gasteiger partial charge in [-0.2, -0.15) is 0 Å². The maximum absolute atomic E-state index is 12.4. The summed E-state index contributed by atoms with van der Waals surface area (Å²) >= 11 is 6.11. The maximum Gasteiger partial charge on any atom is 0.321 e. The molecule has 1 N–H and O–H groups in total. The third-order valence-corrected chi connectivity index (χ3v) is 4.33. The van der Waals surface area contributed by atoms with Gasteiger partial charge in [-0.1, -0.05) is 31.5 Å². The lowest BCUT2D eigenvalue weighted by molar-refractivity contribution is 0.209. The van der Waals surface area contributed by atoms with E-state index in [1.54, 1.807) is 6.07 Å². The predicted molar refractivity (Wildman–Crippen MR) is 92.7 cm³/mol. The summed E-state index contributed by atoms with van der Waals surface area (Å²) in [6, 6.07) is 5.58. The van der Waals surface area contributed by atoms with Crippen LogP contribution >= 0.6 is 11.6 Å². The van der Waals surface area contributed by atoms with Crippen LogP contribution in [0.4, 0.5) is 10.5 Å². The van der Waals surface area contributed by atoms with Gasteiger partial charge in [0.05, 0.1) is 0 Å². The van der Waals surface area contributed by atoms with E-state index in [1.807, 2.05) is 24.0 Å². The van der Waals surface area contributed by atoms with Gasteiger partial charge in [0.1, 0.15) is 0 Å². The number of halogens is 1. The average Bonchev–Trinajstić information content (AvgIpc) is 2.68. The third-order valence-electron chi connectivity index (χ3n) is 3.92. The van der Waals surface area contributed by atoms with Crippen molar-refractivity contribution in [3.63, 3.8) is 0 Å². The van der Waals surface area contributed by atoms with Gasteiger partial charge in [0.15, 0.2) is 0 Å². The van der Waals surface area contributed by atoms with Crippen molar-refractivity contribution < 1.29 is 4.79 Å². The lowest BCUT2D eigenvalue weighted by Crippen LogP contribution is -2.38. The predicted octanol–water partition coefficient (Wildman–Crippen LogP) is 3.84. The Morgan fingerprint density at radius 3 is 2.73 bits per heavy atom. The second-order valence-corrected chi connectivity index (χ2v) is 6.84. The summed E-state index contributed by atoms with van der Waals surface area (Å²) in [7, 11) is 0. The van der Waals surface area contributed by atoms with Crippen molar-refractivity contribution in [3.8, 4) is 0 Å². The Morgan fingerprint density at radius 2 is 2.05 bits per heavy atom. The summed E-state index contributed by atoms with van der Waals surface area (Å²) in [5.41, 5.74) is 1.77. The number of rotatable bonds is 3. The highest BCUT2D eigenvalue weighted by Gasteiger charge is 2.19. The molecule has 1 heterocycles. The number of carbonyl (C=O) groups excluding carboxylic acids is 1. The number of hydrogen-bond acceptors (Lipinski definition) is 2. The fraction of sp³-hybridized carbons (Fsp3) is 0.588. The smallest absolute Gasteiger partial charge is 0.321 e. The molecule has 1 aromatic rings. The Balaban J connectivity index is 1.91. The van der Waals surface area contributed by atoms with Crippen LogP contribution in [-0.4, -0.2) is 48.6 Å². The standard InChI is InChI=1S/C17H26ClN3O/c1-13(2)12-20-7-4-8-21(10-9-20)17(22)19-15-6-5-14(3)16(18)11-15/h5-6,11,13H,4,7-10,12H2,1-3H3,(H,19,22). The summed E-state index contributed by atoms with van der Waals surface area (Å²) in [6.45, 7) is 11.1. The van der Waals surface area contributed by atoms with E-state index in [-0.39, 0.29) is 6.03 Å². The first-order valence-electron chi connectivity index (χ1n) is 8.00. The zero-order chi connectivity index (χ0) is 16.1. The number of nitrogens with zero attached hydrogens (tertiary/aromatic N) is 2. The van der Waals surface area contributed by atoms with Crippen LogP contribution in [0.25, 0.3) is 0 Å². The van der Waals surface area contributed by atoms with E-state index < -0.39 is 0 Å². The second kappa shape index (κ2) is 7.84.